The van der Waals surface area contributed by atoms with Gasteiger partial charge in [0, 0.05) is 18.5 Å². The normalized spacial score (nSPS) is 10.4. The number of rotatable bonds is 7. The fraction of sp³-hybridized carbons (Fsp3) is 0.211. The number of nitrogens with one attached hydrogen (secondary N) is 2. The average Bonchev–Trinajstić information content (AvgIpc) is 3.10. The highest BCUT2D eigenvalue weighted by Gasteiger charge is 2.07. The molecule has 1 aromatic heterocycles. The summed E-state index contributed by atoms with van der Waals surface area (Å²) in [6, 6.07) is 17.4. The van der Waals surface area contributed by atoms with E-state index in [4.69, 9.17) is 4.74 Å². The Balaban J connectivity index is 1.42. The quantitative estimate of drug-likeness (QED) is 0.695. The lowest BCUT2D eigenvalue weighted by Crippen LogP contribution is -2.30. The second-order valence-corrected chi connectivity index (χ2v) is 5.68. The minimum Gasteiger partial charge on any atom is -0.484 e. The summed E-state index contributed by atoms with van der Waals surface area (Å²) < 4.78 is 5.47. The van der Waals surface area contributed by atoms with Gasteiger partial charge in [0.1, 0.15) is 11.6 Å². The first-order chi connectivity index (χ1) is 12.2. The van der Waals surface area contributed by atoms with Crippen LogP contribution in [0, 0.1) is 6.92 Å². The van der Waals surface area contributed by atoms with Crippen LogP contribution in [0.5, 0.6) is 5.75 Å². The highest BCUT2D eigenvalue weighted by molar-refractivity contribution is 5.77. The van der Waals surface area contributed by atoms with Gasteiger partial charge >= 0.3 is 0 Å². The molecule has 0 fully saturated rings. The van der Waals surface area contributed by atoms with Crippen molar-refractivity contribution in [3.63, 3.8) is 0 Å². The van der Waals surface area contributed by atoms with Crippen LogP contribution in [0.15, 0.2) is 54.6 Å². The molecule has 0 aliphatic rings. The Bertz CT molecular complexity index is 830. The molecule has 0 radical (unpaired) electrons. The number of carbonyl (C=O) groups excluding carboxylic acids is 1. The van der Waals surface area contributed by atoms with Crippen LogP contribution in [0.1, 0.15) is 11.4 Å². The van der Waals surface area contributed by atoms with Crippen LogP contribution in [-0.4, -0.2) is 34.2 Å². The van der Waals surface area contributed by atoms with Crippen molar-refractivity contribution in [1.29, 1.82) is 0 Å². The summed E-state index contributed by atoms with van der Waals surface area (Å²) in [4.78, 5) is 16.3. The Morgan fingerprint density at radius 1 is 1.16 bits per heavy atom. The van der Waals surface area contributed by atoms with E-state index in [1.54, 1.807) is 0 Å². The third-order valence-corrected chi connectivity index (χ3v) is 3.61. The van der Waals surface area contributed by atoms with Gasteiger partial charge in [0.2, 0.25) is 0 Å². The monoisotopic (exact) mass is 336 g/mol. The van der Waals surface area contributed by atoms with Crippen LogP contribution < -0.4 is 10.1 Å². The molecule has 0 aliphatic heterocycles. The van der Waals surface area contributed by atoms with Gasteiger partial charge in [-0.1, -0.05) is 42.5 Å². The molecule has 6 heteroatoms. The van der Waals surface area contributed by atoms with Crippen LogP contribution >= 0.6 is 0 Å². The van der Waals surface area contributed by atoms with Gasteiger partial charge in [-0.15, -0.1) is 0 Å². The predicted molar refractivity (Wildman–Crippen MR) is 95.2 cm³/mol. The number of ether oxygens (including phenoxy) is 1. The fourth-order valence-corrected chi connectivity index (χ4v) is 2.35. The van der Waals surface area contributed by atoms with Crippen LogP contribution in [0.4, 0.5) is 0 Å². The van der Waals surface area contributed by atoms with Crippen LogP contribution in [0.3, 0.4) is 0 Å². The Labute approximate surface area is 146 Å². The van der Waals surface area contributed by atoms with E-state index in [1.807, 2.05) is 61.5 Å². The fourth-order valence-electron chi connectivity index (χ4n) is 2.35. The van der Waals surface area contributed by atoms with Crippen molar-refractivity contribution in [2.75, 3.05) is 13.2 Å². The van der Waals surface area contributed by atoms with Gasteiger partial charge < -0.3 is 10.1 Å². The van der Waals surface area contributed by atoms with Crippen LogP contribution in [0.2, 0.25) is 0 Å². The molecule has 0 saturated carbocycles. The van der Waals surface area contributed by atoms with Crippen molar-refractivity contribution in [3.8, 4) is 17.1 Å². The van der Waals surface area contributed by atoms with Crippen LogP contribution in [0.25, 0.3) is 11.4 Å². The van der Waals surface area contributed by atoms with Gasteiger partial charge in [-0.3, -0.25) is 9.89 Å². The number of hydrogen-bond donors (Lipinski definition) is 2. The SMILES string of the molecule is Cc1cccc(OCC(=O)NCCc2nc(-c3ccccc3)n[nH]2)c1. The Morgan fingerprint density at radius 3 is 2.80 bits per heavy atom. The van der Waals surface area contributed by atoms with Crippen molar-refractivity contribution in [1.82, 2.24) is 20.5 Å². The van der Waals surface area contributed by atoms with E-state index in [-0.39, 0.29) is 12.5 Å². The summed E-state index contributed by atoms with van der Waals surface area (Å²) >= 11 is 0. The minimum atomic E-state index is -0.163. The molecule has 3 aromatic rings. The summed E-state index contributed by atoms with van der Waals surface area (Å²) in [6.45, 7) is 2.45. The zero-order valence-electron chi connectivity index (χ0n) is 14.0. The first kappa shape index (κ1) is 16.7. The molecule has 6 nitrogen and oxygen atoms in total. The number of nitrogens with zero attached hydrogens (tertiary/aromatic N) is 2. The minimum absolute atomic E-state index is 0.00484. The van der Waals surface area contributed by atoms with Crippen molar-refractivity contribution in [2.24, 2.45) is 0 Å². The van der Waals surface area contributed by atoms with E-state index in [9.17, 15) is 4.79 Å². The lowest BCUT2D eigenvalue weighted by molar-refractivity contribution is -0.123. The second kappa shape index (κ2) is 8.10. The number of H-pyrrole nitrogens is 1. The Morgan fingerprint density at radius 2 is 2.00 bits per heavy atom. The standard InChI is InChI=1S/C19H20N4O2/c1-14-6-5-9-16(12-14)25-13-18(24)20-11-10-17-21-19(23-22-17)15-7-3-2-4-8-15/h2-9,12H,10-11,13H2,1H3,(H,20,24)(H,21,22,23). The van der Waals surface area contributed by atoms with Gasteiger partial charge in [-0.2, -0.15) is 5.10 Å². The summed E-state index contributed by atoms with van der Waals surface area (Å²) in [5.41, 5.74) is 2.05. The summed E-state index contributed by atoms with van der Waals surface area (Å²) in [7, 11) is 0. The van der Waals surface area contributed by atoms with Crippen molar-refractivity contribution in [3.05, 3.63) is 66.0 Å². The number of carbonyl (C=O) groups is 1. The summed E-state index contributed by atoms with van der Waals surface area (Å²) in [5.74, 6) is 1.92. The lowest BCUT2D eigenvalue weighted by atomic mass is 10.2. The van der Waals surface area contributed by atoms with Crippen molar-refractivity contribution >= 4 is 5.91 Å². The molecule has 3 rings (SSSR count). The topological polar surface area (TPSA) is 79.9 Å². The highest BCUT2D eigenvalue weighted by Crippen LogP contribution is 2.13. The smallest absolute Gasteiger partial charge is 0.257 e. The van der Waals surface area contributed by atoms with E-state index >= 15 is 0 Å². The van der Waals surface area contributed by atoms with E-state index in [2.05, 4.69) is 20.5 Å². The van der Waals surface area contributed by atoms with E-state index in [0.29, 0.717) is 24.5 Å². The molecule has 25 heavy (non-hydrogen) atoms. The third kappa shape index (κ3) is 4.91. The molecule has 0 unspecified atom stereocenters. The molecule has 1 amide bonds. The first-order valence-corrected chi connectivity index (χ1v) is 8.13. The number of benzene rings is 2. The number of amides is 1. The Kier molecular flexibility index (Phi) is 5.41. The molecule has 0 spiro atoms. The first-order valence-electron chi connectivity index (χ1n) is 8.13. The molecular weight excluding hydrogens is 316 g/mol. The van der Waals surface area contributed by atoms with Gasteiger partial charge in [0.15, 0.2) is 12.4 Å². The maximum Gasteiger partial charge on any atom is 0.257 e. The molecular formula is C19H20N4O2. The summed E-state index contributed by atoms with van der Waals surface area (Å²) in [6.07, 6.45) is 0.579. The molecule has 2 aromatic carbocycles. The third-order valence-electron chi connectivity index (χ3n) is 3.61. The summed E-state index contributed by atoms with van der Waals surface area (Å²) in [5, 5.41) is 9.91. The van der Waals surface area contributed by atoms with Crippen molar-refractivity contribution < 1.29 is 9.53 Å². The largest absolute Gasteiger partial charge is 0.484 e. The molecule has 0 atom stereocenters. The number of hydrogen-bond acceptors (Lipinski definition) is 4. The van der Waals surface area contributed by atoms with Gasteiger partial charge in [-0.05, 0) is 24.6 Å². The molecule has 0 bridgehead atoms. The van der Waals surface area contributed by atoms with Crippen LogP contribution in [-0.2, 0) is 11.2 Å². The van der Waals surface area contributed by atoms with Gasteiger partial charge in [0.25, 0.3) is 5.91 Å². The van der Waals surface area contributed by atoms with Gasteiger partial charge in [-0.25, -0.2) is 4.98 Å². The zero-order valence-corrected chi connectivity index (χ0v) is 14.0. The molecule has 0 aliphatic carbocycles. The number of aryl methyl sites for hydroxylation is 1. The van der Waals surface area contributed by atoms with E-state index < -0.39 is 0 Å². The highest BCUT2D eigenvalue weighted by atomic mass is 16.5. The Hall–Kier alpha value is -3.15. The maximum absolute atomic E-state index is 11.8. The maximum atomic E-state index is 11.8. The lowest BCUT2D eigenvalue weighted by Gasteiger charge is -2.07. The zero-order chi connectivity index (χ0) is 17.5. The number of aromatic nitrogens is 3. The van der Waals surface area contributed by atoms with Gasteiger partial charge in [0.05, 0.1) is 0 Å². The van der Waals surface area contributed by atoms with E-state index in [1.165, 1.54) is 0 Å². The predicted octanol–water partition coefficient (Wildman–Crippen LogP) is 2.52. The second-order valence-electron chi connectivity index (χ2n) is 5.68. The molecule has 2 N–H and O–H groups in total. The van der Waals surface area contributed by atoms with E-state index in [0.717, 1.165) is 17.0 Å². The number of aromatic amines is 1. The average molecular weight is 336 g/mol. The molecule has 1 heterocycles. The van der Waals surface area contributed by atoms with Crippen molar-refractivity contribution in [2.45, 2.75) is 13.3 Å². The molecule has 128 valence electrons. The molecule has 0 saturated heterocycles.